The van der Waals surface area contributed by atoms with E-state index in [1.165, 1.54) is 6.07 Å². The summed E-state index contributed by atoms with van der Waals surface area (Å²) in [5, 5.41) is 3.34. The molecule has 0 radical (unpaired) electrons. The van der Waals surface area contributed by atoms with Gasteiger partial charge in [0, 0.05) is 53.4 Å². The van der Waals surface area contributed by atoms with Crippen LogP contribution in [0.5, 0.6) is 0 Å². The first kappa shape index (κ1) is 23.6. The number of hydrogen-bond donors (Lipinski definition) is 1. The number of likely N-dealkylation sites (N-methyl/N-ethyl adjacent to an activating group) is 1. The van der Waals surface area contributed by atoms with E-state index in [1.54, 1.807) is 31.1 Å². The number of benzene rings is 1. The molecule has 1 heterocycles. The van der Waals surface area contributed by atoms with Crippen LogP contribution in [0, 0.1) is 5.82 Å². The van der Waals surface area contributed by atoms with E-state index in [9.17, 15) is 9.18 Å². The van der Waals surface area contributed by atoms with Crippen LogP contribution < -0.4 is 5.32 Å². The van der Waals surface area contributed by atoms with Gasteiger partial charge in [-0.25, -0.2) is 9.38 Å². The third-order valence-corrected chi connectivity index (χ3v) is 4.36. The summed E-state index contributed by atoms with van der Waals surface area (Å²) in [6, 6.07) is 6.77. The van der Waals surface area contributed by atoms with Gasteiger partial charge in [0.05, 0.1) is 0 Å². The van der Waals surface area contributed by atoms with Crippen molar-refractivity contribution < 1.29 is 9.18 Å². The second-order valence-electron chi connectivity index (χ2n) is 6.75. The zero-order chi connectivity index (χ0) is 18.9. The summed E-state index contributed by atoms with van der Waals surface area (Å²) >= 11 is 0. The summed E-state index contributed by atoms with van der Waals surface area (Å²) in [6.07, 6.45) is 1.00. The second kappa shape index (κ2) is 12.1. The third-order valence-electron chi connectivity index (χ3n) is 4.36. The number of amides is 1. The molecule has 152 valence electrons. The summed E-state index contributed by atoms with van der Waals surface area (Å²) in [6.45, 7) is 7.27. The molecule has 1 fully saturated rings. The molecular weight excluding hydrogens is 460 g/mol. The Morgan fingerprint density at radius 1 is 1.26 bits per heavy atom. The van der Waals surface area contributed by atoms with E-state index >= 15 is 0 Å². The fourth-order valence-electron chi connectivity index (χ4n) is 2.80. The molecule has 8 heteroatoms. The maximum absolute atomic E-state index is 13.3. The molecule has 2 rings (SSSR count). The number of piperazine rings is 1. The molecule has 1 saturated heterocycles. The lowest BCUT2D eigenvalue weighted by molar-refractivity contribution is -0.127. The highest BCUT2D eigenvalue weighted by atomic mass is 127. The number of carbonyl (C=O) groups excluding carboxylic acids is 1. The Hall–Kier alpha value is -1.42. The van der Waals surface area contributed by atoms with Crippen molar-refractivity contribution in [2.75, 3.05) is 53.4 Å². The lowest BCUT2D eigenvalue weighted by Gasteiger charge is -2.36. The second-order valence-corrected chi connectivity index (χ2v) is 6.75. The molecule has 1 N–H and O–H groups in total. The lowest BCUT2D eigenvalue weighted by Crippen LogP contribution is -2.52. The van der Waals surface area contributed by atoms with Gasteiger partial charge < -0.3 is 15.1 Å². The van der Waals surface area contributed by atoms with Crippen molar-refractivity contribution in [3.8, 4) is 0 Å². The molecule has 0 unspecified atom stereocenters. The van der Waals surface area contributed by atoms with Crippen molar-refractivity contribution in [1.29, 1.82) is 0 Å². The highest BCUT2D eigenvalue weighted by Crippen LogP contribution is 2.10. The van der Waals surface area contributed by atoms with Crippen molar-refractivity contribution in [3.05, 3.63) is 35.6 Å². The van der Waals surface area contributed by atoms with E-state index in [0.29, 0.717) is 0 Å². The van der Waals surface area contributed by atoms with Crippen LogP contribution in [0.25, 0.3) is 0 Å². The topological polar surface area (TPSA) is 51.2 Å². The predicted molar refractivity (Wildman–Crippen MR) is 118 cm³/mol. The van der Waals surface area contributed by atoms with Crippen LogP contribution in [0.4, 0.5) is 4.39 Å². The minimum Gasteiger partial charge on any atom is -0.356 e. The summed E-state index contributed by atoms with van der Waals surface area (Å²) in [5.74, 6) is 0.600. The van der Waals surface area contributed by atoms with Gasteiger partial charge >= 0.3 is 0 Å². The number of carbonyl (C=O) groups is 1. The van der Waals surface area contributed by atoms with E-state index in [0.717, 1.165) is 57.2 Å². The summed E-state index contributed by atoms with van der Waals surface area (Å²) in [4.78, 5) is 22.4. The first-order valence-electron chi connectivity index (χ1n) is 9.19. The fourth-order valence-corrected chi connectivity index (χ4v) is 2.80. The van der Waals surface area contributed by atoms with Crippen LogP contribution in [-0.2, 0) is 11.3 Å². The molecule has 0 spiro atoms. The van der Waals surface area contributed by atoms with Gasteiger partial charge in [-0.1, -0.05) is 19.1 Å². The van der Waals surface area contributed by atoms with Crippen molar-refractivity contribution in [3.63, 3.8) is 0 Å². The number of aliphatic imine (C=N–C) groups is 1. The molecule has 0 aliphatic carbocycles. The highest BCUT2D eigenvalue weighted by Gasteiger charge is 2.20. The standard InChI is InChI=1S/C19H30FN5O.HI/c1-4-8-21-19(22-14-18(26)23(2)3)25-11-9-24(10-12-25)15-16-6-5-7-17(20)13-16;/h5-7,13H,4,8-12,14-15H2,1-3H3,(H,21,22);1H. The van der Waals surface area contributed by atoms with Crippen LogP contribution in [0.15, 0.2) is 29.3 Å². The quantitative estimate of drug-likeness (QED) is 0.376. The number of halogens is 2. The third kappa shape index (κ3) is 8.00. The van der Waals surface area contributed by atoms with Gasteiger partial charge in [-0.3, -0.25) is 9.69 Å². The first-order chi connectivity index (χ1) is 12.5. The largest absolute Gasteiger partial charge is 0.356 e. The molecule has 0 atom stereocenters. The maximum Gasteiger partial charge on any atom is 0.243 e. The van der Waals surface area contributed by atoms with Gasteiger partial charge in [-0.15, -0.1) is 24.0 Å². The fraction of sp³-hybridized carbons (Fsp3) is 0.579. The minimum absolute atomic E-state index is 0. The van der Waals surface area contributed by atoms with E-state index in [-0.39, 0.29) is 42.2 Å². The average molecular weight is 491 g/mol. The Labute approximate surface area is 178 Å². The monoisotopic (exact) mass is 491 g/mol. The molecular formula is C19H31FIN5O. The summed E-state index contributed by atoms with van der Waals surface area (Å²) < 4.78 is 13.3. The van der Waals surface area contributed by atoms with Crippen LogP contribution in [0.1, 0.15) is 18.9 Å². The van der Waals surface area contributed by atoms with Crippen molar-refractivity contribution in [2.24, 2.45) is 4.99 Å². The predicted octanol–water partition coefficient (Wildman–Crippen LogP) is 2.01. The van der Waals surface area contributed by atoms with Crippen LogP contribution in [0.2, 0.25) is 0 Å². The van der Waals surface area contributed by atoms with Gasteiger partial charge in [0.25, 0.3) is 0 Å². The molecule has 1 aromatic carbocycles. The molecule has 1 aromatic rings. The average Bonchev–Trinajstić information content (AvgIpc) is 2.62. The Bertz CT molecular complexity index is 618. The van der Waals surface area contributed by atoms with Crippen molar-refractivity contribution >= 4 is 35.8 Å². The van der Waals surface area contributed by atoms with E-state index in [2.05, 4.69) is 27.0 Å². The number of rotatable bonds is 6. The molecule has 0 aromatic heterocycles. The Morgan fingerprint density at radius 3 is 2.56 bits per heavy atom. The molecule has 1 amide bonds. The molecule has 0 saturated carbocycles. The number of guanidine groups is 1. The smallest absolute Gasteiger partial charge is 0.243 e. The van der Waals surface area contributed by atoms with Crippen LogP contribution in [-0.4, -0.2) is 79.9 Å². The zero-order valence-corrected chi connectivity index (χ0v) is 18.8. The summed E-state index contributed by atoms with van der Waals surface area (Å²) in [5.41, 5.74) is 0.994. The Balaban J connectivity index is 0.00000364. The highest BCUT2D eigenvalue weighted by molar-refractivity contribution is 14.0. The maximum atomic E-state index is 13.3. The first-order valence-corrected chi connectivity index (χ1v) is 9.19. The molecule has 6 nitrogen and oxygen atoms in total. The number of nitrogens with zero attached hydrogens (tertiary/aromatic N) is 4. The van der Waals surface area contributed by atoms with Crippen molar-refractivity contribution in [1.82, 2.24) is 20.0 Å². The Kier molecular flexibility index (Phi) is 10.6. The number of hydrogen-bond acceptors (Lipinski definition) is 3. The molecule has 27 heavy (non-hydrogen) atoms. The van der Waals surface area contributed by atoms with E-state index in [4.69, 9.17) is 0 Å². The van der Waals surface area contributed by atoms with E-state index in [1.807, 2.05) is 6.07 Å². The van der Waals surface area contributed by atoms with Crippen molar-refractivity contribution in [2.45, 2.75) is 19.9 Å². The van der Waals surface area contributed by atoms with Crippen LogP contribution >= 0.6 is 24.0 Å². The zero-order valence-electron chi connectivity index (χ0n) is 16.4. The normalized spacial score (nSPS) is 15.3. The Morgan fingerprint density at radius 2 is 1.96 bits per heavy atom. The SMILES string of the molecule is CCCNC(=NCC(=O)N(C)C)N1CCN(Cc2cccc(F)c2)CC1.I. The van der Waals surface area contributed by atoms with Gasteiger partial charge in [0.15, 0.2) is 5.96 Å². The minimum atomic E-state index is -0.190. The molecule has 0 bridgehead atoms. The van der Waals surface area contributed by atoms with E-state index < -0.39 is 0 Å². The van der Waals surface area contributed by atoms with Gasteiger partial charge in [0.2, 0.25) is 5.91 Å². The number of nitrogens with one attached hydrogen (secondary N) is 1. The van der Waals surface area contributed by atoms with Crippen LogP contribution in [0.3, 0.4) is 0 Å². The molecule has 1 aliphatic heterocycles. The van der Waals surface area contributed by atoms with Gasteiger partial charge in [-0.2, -0.15) is 0 Å². The van der Waals surface area contributed by atoms with Gasteiger partial charge in [-0.05, 0) is 24.1 Å². The molecule has 1 aliphatic rings. The van der Waals surface area contributed by atoms with Gasteiger partial charge in [0.1, 0.15) is 12.4 Å². The summed E-state index contributed by atoms with van der Waals surface area (Å²) in [7, 11) is 3.48. The lowest BCUT2D eigenvalue weighted by atomic mass is 10.2.